The molecule has 24 heavy (non-hydrogen) atoms. The van der Waals surface area contributed by atoms with Gasteiger partial charge in [0.2, 0.25) is 0 Å². The maximum Gasteiger partial charge on any atom is 0.256 e. The number of amides is 1. The standard InChI is InChI=1S/C19H24N2O3/c1-20-13-15(14-5-2-3-6-16(14)20)18(23)21-10-8-19(9-11-21)17(22)7-4-12-24-19/h2-3,5-6,13,17,22H,4,7-12H2,1H3/t17-/m0/s1. The summed E-state index contributed by atoms with van der Waals surface area (Å²) < 4.78 is 7.94. The van der Waals surface area contributed by atoms with Crippen LogP contribution in [0, 0.1) is 0 Å². The number of carbonyl (C=O) groups excluding carboxylic acids is 1. The number of aromatic nitrogens is 1. The normalized spacial score (nSPS) is 23.8. The van der Waals surface area contributed by atoms with Crippen LogP contribution in [-0.2, 0) is 11.8 Å². The van der Waals surface area contributed by atoms with Crippen molar-refractivity contribution in [2.75, 3.05) is 19.7 Å². The number of benzene rings is 1. The van der Waals surface area contributed by atoms with Crippen molar-refractivity contribution >= 4 is 16.8 Å². The monoisotopic (exact) mass is 328 g/mol. The van der Waals surface area contributed by atoms with Crippen molar-refractivity contribution in [3.05, 3.63) is 36.0 Å². The highest BCUT2D eigenvalue weighted by molar-refractivity contribution is 6.07. The first-order valence-electron chi connectivity index (χ1n) is 8.76. The SMILES string of the molecule is Cn1cc(C(=O)N2CCC3(CC2)OCCC[C@@H]3O)c2ccccc21. The number of hydrogen-bond acceptors (Lipinski definition) is 3. The molecule has 1 amide bonds. The fraction of sp³-hybridized carbons (Fsp3) is 0.526. The van der Waals surface area contributed by atoms with Gasteiger partial charge in [-0.1, -0.05) is 18.2 Å². The van der Waals surface area contributed by atoms with Crippen molar-refractivity contribution in [3.8, 4) is 0 Å². The minimum absolute atomic E-state index is 0.0759. The summed E-state index contributed by atoms with van der Waals surface area (Å²) in [5.41, 5.74) is 1.39. The molecular weight excluding hydrogens is 304 g/mol. The molecule has 0 radical (unpaired) electrons. The Balaban J connectivity index is 1.54. The molecule has 3 heterocycles. The number of aliphatic hydroxyl groups excluding tert-OH is 1. The molecular formula is C19H24N2O3. The van der Waals surface area contributed by atoms with Gasteiger partial charge in [0.05, 0.1) is 17.3 Å². The van der Waals surface area contributed by atoms with Gasteiger partial charge in [-0.2, -0.15) is 0 Å². The number of aliphatic hydroxyl groups is 1. The summed E-state index contributed by atoms with van der Waals surface area (Å²) in [5.74, 6) is 0.0759. The van der Waals surface area contributed by atoms with E-state index in [9.17, 15) is 9.90 Å². The average molecular weight is 328 g/mol. The van der Waals surface area contributed by atoms with Crippen molar-refractivity contribution in [3.63, 3.8) is 0 Å². The van der Waals surface area contributed by atoms with Crippen LogP contribution in [0.25, 0.3) is 10.9 Å². The second-order valence-corrected chi connectivity index (χ2v) is 7.03. The number of rotatable bonds is 1. The molecule has 2 saturated heterocycles. The Hall–Kier alpha value is -1.85. The molecule has 4 rings (SSSR count). The van der Waals surface area contributed by atoms with Gasteiger partial charge in [0.1, 0.15) is 0 Å². The Morgan fingerprint density at radius 3 is 2.79 bits per heavy atom. The van der Waals surface area contributed by atoms with Gasteiger partial charge in [0.25, 0.3) is 5.91 Å². The number of carbonyl (C=O) groups is 1. The molecule has 1 aromatic heterocycles. The molecule has 5 heteroatoms. The second-order valence-electron chi connectivity index (χ2n) is 7.03. The van der Waals surface area contributed by atoms with Crippen LogP contribution in [-0.4, -0.2) is 51.9 Å². The highest BCUT2D eigenvalue weighted by Gasteiger charge is 2.44. The van der Waals surface area contributed by atoms with Crippen molar-refractivity contribution in [1.82, 2.24) is 9.47 Å². The van der Waals surface area contributed by atoms with E-state index in [4.69, 9.17) is 4.74 Å². The summed E-state index contributed by atoms with van der Waals surface area (Å²) in [6.45, 7) is 1.99. The van der Waals surface area contributed by atoms with E-state index in [-0.39, 0.29) is 5.91 Å². The van der Waals surface area contributed by atoms with Crippen LogP contribution in [0.1, 0.15) is 36.0 Å². The van der Waals surface area contributed by atoms with Crippen LogP contribution in [0.2, 0.25) is 0 Å². The first-order valence-corrected chi connectivity index (χ1v) is 8.76. The van der Waals surface area contributed by atoms with E-state index >= 15 is 0 Å². The van der Waals surface area contributed by atoms with E-state index in [2.05, 4.69) is 0 Å². The Kier molecular flexibility index (Phi) is 3.85. The Bertz CT molecular complexity index is 759. The third kappa shape index (κ3) is 2.43. The summed E-state index contributed by atoms with van der Waals surface area (Å²) in [7, 11) is 1.97. The lowest BCUT2D eigenvalue weighted by Gasteiger charge is -2.46. The molecule has 128 valence electrons. The van der Waals surface area contributed by atoms with Gasteiger partial charge in [0.15, 0.2) is 0 Å². The zero-order valence-electron chi connectivity index (χ0n) is 14.1. The van der Waals surface area contributed by atoms with E-state index in [1.54, 1.807) is 0 Å². The number of piperidine rings is 1. The molecule has 2 fully saturated rings. The summed E-state index contributed by atoms with van der Waals surface area (Å²) in [4.78, 5) is 14.9. The first kappa shape index (κ1) is 15.7. The fourth-order valence-corrected chi connectivity index (χ4v) is 4.16. The second kappa shape index (κ2) is 5.90. The van der Waals surface area contributed by atoms with Crippen LogP contribution < -0.4 is 0 Å². The molecule has 0 aliphatic carbocycles. The third-order valence-electron chi connectivity index (χ3n) is 5.64. The summed E-state index contributed by atoms with van der Waals surface area (Å²) >= 11 is 0. The molecule has 5 nitrogen and oxygen atoms in total. The lowest BCUT2D eigenvalue weighted by Crippen LogP contribution is -2.56. The minimum Gasteiger partial charge on any atom is -0.390 e. The highest BCUT2D eigenvalue weighted by Crippen LogP contribution is 2.36. The van der Waals surface area contributed by atoms with Crippen LogP contribution in [0.5, 0.6) is 0 Å². The zero-order chi connectivity index (χ0) is 16.7. The van der Waals surface area contributed by atoms with Gasteiger partial charge in [-0.05, 0) is 31.7 Å². The van der Waals surface area contributed by atoms with Gasteiger partial charge >= 0.3 is 0 Å². The predicted molar refractivity (Wildman–Crippen MR) is 92.0 cm³/mol. The van der Waals surface area contributed by atoms with Gasteiger partial charge in [0, 0.05) is 43.8 Å². The molecule has 2 aliphatic heterocycles. The lowest BCUT2D eigenvalue weighted by molar-refractivity contribution is -0.174. The van der Waals surface area contributed by atoms with Crippen LogP contribution in [0.4, 0.5) is 0 Å². The number of fused-ring (bicyclic) bond motifs is 1. The third-order valence-corrected chi connectivity index (χ3v) is 5.64. The maximum absolute atomic E-state index is 13.0. The lowest BCUT2D eigenvalue weighted by atomic mass is 9.82. The largest absolute Gasteiger partial charge is 0.390 e. The van der Waals surface area contributed by atoms with Gasteiger partial charge < -0.3 is 19.3 Å². The van der Waals surface area contributed by atoms with E-state index in [0.29, 0.717) is 32.5 Å². The Morgan fingerprint density at radius 2 is 2.04 bits per heavy atom. The molecule has 1 aromatic carbocycles. The van der Waals surface area contributed by atoms with Gasteiger partial charge in [-0.3, -0.25) is 4.79 Å². The first-order chi connectivity index (χ1) is 11.6. The summed E-state index contributed by atoms with van der Waals surface area (Å²) in [6.07, 6.45) is 4.67. The topological polar surface area (TPSA) is 54.7 Å². The van der Waals surface area contributed by atoms with E-state index in [1.165, 1.54) is 0 Å². The number of aryl methyl sites for hydroxylation is 1. The van der Waals surface area contributed by atoms with Crippen molar-refractivity contribution < 1.29 is 14.6 Å². The van der Waals surface area contributed by atoms with Crippen LogP contribution in [0.15, 0.2) is 30.5 Å². The van der Waals surface area contributed by atoms with E-state index in [0.717, 1.165) is 29.3 Å². The molecule has 2 aromatic rings. The molecule has 1 spiro atoms. The van der Waals surface area contributed by atoms with Crippen molar-refractivity contribution in [2.24, 2.45) is 7.05 Å². The van der Waals surface area contributed by atoms with Crippen LogP contribution in [0.3, 0.4) is 0 Å². The molecule has 2 aliphatic rings. The Labute approximate surface area is 141 Å². The van der Waals surface area contributed by atoms with Crippen molar-refractivity contribution in [1.29, 1.82) is 0 Å². The maximum atomic E-state index is 13.0. The quantitative estimate of drug-likeness (QED) is 0.874. The van der Waals surface area contributed by atoms with Gasteiger partial charge in [-0.25, -0.2) is 0 Å². The number of hydrogen-bond donors (Lipinski definition) is 1. The summed E-state index contributed by atoms with van der Waals surface area (Å²) in [6, 6.07) is 7.99. The van der Waals surface area contributed by atoms with E-state index < -0.39 is 11.7 Å². The number of para-hydroxylation sites is 1. The number of nitrogens with zero attached hydrogens (tertiary/aromatic N) is 2. The molecule has 0 saturated carbocycles. The fourth-order valence-electron chi connectivity index (χ4n) is 4.16. The molecule has 0 unspecified atom stereocenters. The average Bonchev–Trinajstić information content (AvgIpc) is 2.95. The minimum atomic E-state index is -0.437. The van der Waals surface area contributed by atoms with Crippen LogP contribution >= 0.6 is 0 Å². The van der Waals surface area contributed by atoms with Crippen molar-refractivity contribution in [2.45, 2.75) is 37.4 Å². The predicted octanol–water partition coefficient (Wildman–Crippen LogP) is 2.32. The zero-order valence-corrected chi connectivity index (χ0v) is 14.1. The number of ether oxygens (including phenoxy) is 1. The highest BCUT2D eigenvalue weighted by atomic mass is 16.5. The Morgan fingerprint density at radius 1 is 1.29 bits per heavy atom. The van der Waals surface area contributed by atoms with Gasteiger partial charge in [-0.15, -0.1) is 0 Å². The van der Waals surface area contributed by atoms with E-state index in [1.807, 2.05) is 47.0 Å². The smallest absolute Gasteiger partial charge is 0.256 e. The molecule has 1 N–H and O–H groups in total. The molecule has 0 bridgehead atoms. The number of likely N-dealkylation sites (tertiary alicyclic amines) is 1. The summed E-state index contributed by atoms with van der Waals surface area (Å²) in [5, 5.41) is 11.3. The molecule has 1 atom stereocenters.